The van der Waals surface area contributed by atoms with Crippen LogP contribution < -0.4 is 10.1 Å². The molecule has 2 rings (SSSR count). The second-order valence-electron chi connectivity index (χ2n) is 7.96. The number of aryl methyl sites for hydroxylation is 2. The van der Waals surface area contributed by atoms with Crippen molar-refractivity contribution in [1.82, 2.24) is 10.2 Å². The molecule has 2 amide bonds. The number of carboxylic acid groups (broad SMARTS) is 1. The van der Waals surface area contributed by atoms with Gasteiger partial charge < -0.3 is 25.2 Å². The molecule has 29 heavy (non-hydrogen) atoms. The van der Waals surface area contributed by atoms with Gasteiger partial charge in [0.15, 0.2) is 0 Å². The minimum Gasteiger partial charge on any atom is -0.491 e. The Labute approximate surface area is 173 Å². The third-order valence-corrected chi connectivity index (χ3v) is 5.24. The van der Waals surface area contributed by atoms with Crippen LogP contribution in [0, 0.1) is 13.8 Å². The lowest BCUT2D eigenvalue weighted by Crippen LogP contribution is -2.32. The molecule has 1 saturated heterocycles. The maximum absolute atomic E-state index is 12.1. The van der Waals surface area contributed by atoms with Crippen molar-refractivity contribution in [1.29, 1.82) is 0 Å². The quantitative estimate of drug-likeness (QED) is 0.437. The van der Waals surface area contributed by atoms with Crippen molar-refractivity contribution in [3.8, 4) is 5.75 Å². The van der Waals surface area contributed by atoms with Gasteiger partial charge >= 0.3 is 12.0 Å². The minimum absolute atomic E-state index is 0.0802. The average molecular weight is 407 g/mol. The van der Waals surface area contributed by atoms with Crippen LogP contribution in [0.15, 0.2) is 18.2 Å². The molecule has 2 atom stereocenters. The van der Waals surface area contributed by atoms with Gasteiger partial charge in [-0.15, -0.1) is 0 Å². The number of nitrogens with zero attached hydrogens (tertiary/aromatic N) is 1. The van der Waals surface area contributed by atoms with Crippen molar-refractivity contribution < 1.29 is 24.5 Å². The molecule has 1 aromatic rings. The van der Waals surface area contributed by atoms with Gasteiger partial charge in [0.05, 0.1) is 6.10 Å². The number of ether oxygens (including phenoxy) is 1. The number of aliphatic hydroxyl groups is 1. The van der Waals surface area contributed by atoms with E-state index in [9.17, 15) is 14.7 Å². The third-order valence-electron chi connectivity index (χ3n) is 5.24. The number of unbranched alkanes of at least 4 members (excludes halogenated alkanes) is 3. The number of nitrogens with one attached hydrogen (secondary N) is 1. The van der Waals surface area contributed by atoms with Gasteiger partial charge in [-0.25, -0.2) is 4.79 Å². The van der Waals surface area contributed by atoms with Crippen LogP contribution >= 0.6 is 0 Å². The summed E-state index contributed by atoms with van der Waals surface area (Å²) in [6.07, 6.45) is 4.54. The Bertz CT molecular complexity index is 679. The summed E-state index contributed by atoms with van der Waals surface area (Å²) in [6.45, 7) is 5.37. The lowest BCUT2D eigenvalue weighted by atomic mass is 10.1. The van der Waals surface area contributed by atoms with Gasteiger partial charge in [0, 0.05) is 25.6 Å². The molecular weight excluding hydrogens is 372 g/mol. The summed E-state index contributed by atoms with van der Waals surface area (Å²) in [6, 6.07) is 5.99. The van der Waals surface area contributed by atoms with E-state index in [0.717, 1.165) is 37.0 Å². The number of amides is 2. The van der Waals surface area contributed by atoms with Crippen molar-refractivity contribution in [2.45, 2.75) is 70.9 Å². The summed E-state index contributed by atoms with van der Waals surface area (Å²) in [5, 5.41) is 21.8. The first-order chi connectivity index (χ1) is 13.8. The number of benzene rings is 1. The molecule has 7 heteroatoms. The van der Waals surface area contributed by atoms with E-state index in [1.54, 1.807) is 4.90 Å². The van der Waals surface area contributed by atoms with E-state index in [2.05, 4.69) is 5.32 Å². The van der Waals surface area contributed by atoms with Gasteiger partial charge in [0.1, 0.15) is 12.4 Å². The molecule has 1 fully saturated rings. The smallest absolute Gasteiger partial charge is 0.317 e. The molecule has 1 aliphatic heterocycles. The molecule has 1 aromatic carbocycles. The Kier molecular flexibility index (Phi) is 9.25. The van der Waals surface area contributed by atoms with Gasteiger partial charge in [0.25, 0.3) is 0 Å². The fourth-order valence-corrected chi connectivity index (χ4v) is 3.57. The summed E-state index contributed by atoms with van der Waals surface area (Å²) in [7, 11) is 0. The predicted molar refractivity (Wildman–Crippen MR) is 111 cm³/mol. The number of hydrogen-bond donors (Lipinski definition) is 3. The first-order valence-electron chi connectivity index (χ1n) is 10.5. The maximum Gasteiger partial charge on any atom is 0.317 e. The van der Waals surface area contributed by atoms with Crippen LogP contribution in [0.2, 0.25) is 0 Å². The number of carbonyl (C=O) groups is 2. The standard InChI is InChI=1S/C22H34N2O5/c1-16-9-10-20(17(2)13-16)29-15-19(25)11-12-24-14-18(23-22(24)28)7-5-3-4-6-8-21(26)27/h9-10,13,18-19,25H,3-8,11-12,14-15H2,1-2H3,(H,23,28)(H,26,27). The zero-order valence-electron chi connectivity index (χ0n) is 17.5. The molecule has 7 nitrogen and oxygen atoms in total. The van der Waals surface area contributed by atoms with Crippen molar-refractivity contribution in [2.75, 3.05) is 19.7 Å². The Morgan fingerprint density at radius 2 is 2.03 bits per heavy atom. The minimum atomic E-state index is -0.745. The van der Waals surface area contributed by atoms with Crippen LogP contribution in [0.25, 0.3) is 0 Å². The number of aliphatic hydroxyl groups excluding tert-OH is 1. The highest BCUT2D eigenvalue weighted by Crippen LogP contribution is 2.19. The van der Waals surface area contributed by atoms with Gasteiger partial charge in [0.2, 0.25) is 0 Å². The Balaban J connectivity index is 1.61. The largest absolute Gasteiger partial charge is 0.491 e. The molecule has 2 unspecified atom stereocenters. The van der Waals surface area contributed by atoms with E-state index in [4.69, 9.17) is 9.84 Å². The van der Waals surface area contributed by atoms with E-state index in [1.807, 2.05) is 32.0 Å². The Hall–Kier alpha value is -2.28. The maximum atomic E-state index is 12.1. The molecule has 0 aromatic heterocycles. The molecule has 3 N–H and O–H groups in total. The molecule has 0 saturated carbocycles. The van der Waals surface area contributed by atoms with Gasteiger partial charge in [-0.2, -0.15) is 0 Å². The number of aliphatic carboxylic acids is 1. The highest BCUT2D eigenvalue weighted by Gasteiger charge is 2.28. The predicted octanol–water partition coefficient (Wildman–Crippen LogP) is 3.25. The topological polar surface area (TPSA) is 99.1 Å². The highest BCUT2D eigenvalue weighted by atomic mass is 16.5. The monoisotopic (exact) mass is 406 g/mol. The second kappa shape index (κ2) is 11.7. The van der Waals surface area contributed by atoms with Crippen molar-refractivity contribution in [3.63, 3.8) is 0 Å². The van der Waals surface area contributed by atoms with Crippen molar-refractivity contribution in [2.24, 2.45) is 0 Å². The summed E-state index contributed by atoms with van der Waals surface area (Å²) in [5.74, 6) is 0.0299. The average Bonchev–Trinajstić information content (AvgIpc) is 3.01. The number of hydrogen-bond acceptors (Lipinski definition) is 4. The lowest BCUT2D eigenvalue weighted by molar-refractivity contribution is -0.137. The number of carbonyl (C=O) groups excluding carboxylic acids is 1. The van der Waals surface area contributed by atoms with Crippen LogP contribution in [0.5, 0.6) is 5.75 Å². The van der Waals surface area contributed by atoms with Crippen molar-refractivity contribution in [3.05, 3.63) is 29.3 Å². The molecule has 1 aliphatic rings. The van der Waals surface area contributed by atoms with E-state index < -0.39 is 12.1 Å². The Morgan fingerprint density at radius 1 is 1.28 bits per heavy atom. The van der Waals surface area contributed by atoms with Crippen LogP contribution in [-0.2, 0) is 4.79 Å². The second-order valence-corrected chi connectivity index (χ2v) is 7.96. The molecular formula is C22H34N2O5. The molecule has 0 bridgehead atoms. The molecule has 0 aliphatic carbocycles. The number of rotatable bonds is 13. The number of urea groups is 1. The first-order valence-corrected chi connectivity index (χ1v) is 10.5. The van der Waals surface area contributed by atoms with Crippen LogP contribution in [0.1, 0.15) is 56.1 Å². The normalized spacial score (nSPS) is 17.3. The van der Waals surface area contributed by atoms with Gasteiger partial charge in [-0.3, -0.25) is 4.79 Å². The molecule has 1 heterocycles. The number of carboxylic acids is 1. The van der Waals surface area contributed by atoms with Crippen molar-refractivity contribution >= 4 is 12.0 Å². The van der Waals surface area contributed by atoms with E-state index in [0.29, 0.717) is 25.9 Å². The fraction of sp³-hybridized carbons (Fsp3) is 0.636. The highest BCUT2D eigenvalue weighted by molar-refractivity contribution is 5.76. The van der Waals surface area contributed by atoms with Crippen LogP contribution in [0.3, 0.4) is 0 Å². The third kappa shape index (κ3) is 8.31. The summed E-state index contributed by atoms with van der Waals surface area (Å²) in [5.41, 5.74) is 2.21. The molecule has 0 radical (unpaired) electrons. The summed E-state index contributed by atoms with van der Waals surface area (Å²) >= 11 is 0. The molecule has 162 valence electrons. The van der Waals surface area contributed by atoms with Gasteiger partial charge in [-0.05, 0) is 44.7 Å². The van der Waals surface area contributed by atoms with E-state index in [-0.39, 0.29) is 25.1 Å². The molecule has 0 spiro atoms. The zero-order valence-corrected chi connectivity index (χ0v) is 17.5. The summed E-state index contributed by atoms with van der Waals surface area (Å²) in [4.78, 5) is 24.3. The lowest BCUT2D eigenvalue weighted by Gasteiger charge is -2.18. The fourth-order valence-electron chi connectivity index (χ4n) is 3.57. The van der Waals surface area contributed by atoms with Crippen LogP contribution in [0.4, 0.5) is 4.79 Å². The first kappa shape index (κ1) is 23.0. The van der Waals surface area contributed by atoms with Crippen LogP contribution in [-0.4, -0.2) is 59.0 Å². The SMILES string of the molecule is Cc1ccc(OCC(O)CCN2CC(CCCCCCC(=O)O)NC2=O)c(C)c1. The van der Waals surface area contributed by atoms with Gasteiger partial charge in [-0.1, -0.05) is 37.0 Å². The van der Waals surface area contributed by atoms with E-state index >= 15 is 0 Å². The van der Waals surface area contributed by atoms with E-state index in [1.165, 1.54) is 5.56 Å². The summed E-state index contributed by atoms with van der Waals surface area (Å²) < 4.78 is 5.71. The Morgan fingerprint density at radius 3 is 2.76 bits per heavy atom. The zero-order chi connectivity index (χ0) is 21.2.